The van der Waals surface area contributed by atoms with Crippen LogP contribution in [-0.4, -0.2) is 29.7 Å². The summed E-state index contributed by atoms with van der Waals surface area (Å²) in [6, 6.07) is 1.35. The predicted octanol–water partition coefficient (Wildman–Crippen LogP) is 2.48. The van der Waals surface area contributed by atoms with Gasteiger partial charge < -0.3 is 10.1 Å². The molecule has 1 atom stereocenters. The summed E-state index contributed by atoms with van der Waals surface area (Å²) in [7, 11) is 1.57. The molecule has 0 saturated heterocycles. The van der Waals surface area contributed by atoms with Gasteiger partial charge in [-0.05, 0) is 12.5 Å². The molecule has 0 fully saturated rings. The maximum atomic E-state index is 10.9. The lowest BCUT2D eigenvalue weighted by Gasteiger charge is -2.16. The molecule has 0 spiro atoms. The first-order valence-electron chi connectivity index (χ1n) is 5.14. The minimum atomic E-state index is -0.544. The molecule has 7 heteroatoms. The minimum absolute atomic E-state index is 0.0373. The van der Waals surface area contributed by atoms with Gasteiger partial charge >= 0.3 is 5.69 Å². The van der Waals surface area contributed by atoms with Crippen LogP contribution in [0.1, 0.15) is 13.3 Å². The fourth-order valence-electron chi connectivity index (χ4n) is 1.37. The fraction of sp³-hybridized carbons (Fsp3) is 0.500. The highest BCUT2D eigenvalue weighted by Gasteiger charge is 2.21. The van der Waals surface area contributed by atoms with Crippen LogP contribution in [0.5, 0.6) is 0 Å². The van der Waals surface area contributed by atoms with Gasteiger partial charge in [0, 0.05) is 13.3 Å². The number of hydrogen-bond acceptors (Lipinski definition) is 5. The van der Waals surface area contributed by atoms with Gasteiger partial charge in [-0.3, -0.25) is 10.1 Å². The van der Waals surface area contributed by atoms with Crippen molar-refractivity contribution < 1.29 is 9.66 Å². The van der Waals surface area contributed by atoms with E-state index < -0.39 is 4.92 Å². The van der Waals surface area contributed by atoms with Crippen LogP contribution in [0.15, 0.2) is 12.3 Å². The van der Waals surface area contributed by atoms with Crippen molar-refractivity contribution >= 4 is 23.1 Å². The number of methoxy groups -OCH3 is 1. The van der Waals surface area contributed by atoms with Gasteiger partial charge in [-0.1, -0.05) is 18.5 Å². The molecule has 1 heterocycles. The normalized spacial score (nSPS) is 12.2. The molecule has 1 aromatic rings. The molecule has 1 rings (SSSR count). The number of hydrogen-bond donors (Lipinski definition) is 1. The maximum absolute atomic E-state index is 10.9. The zero-order valence-electron chi connectivity index (χ0n) is 9.64. The molecule has 1 N–H and O–H groups in total. The maximum Gasteiger partial charge on any atom is 0.329 e. The summed E-state index contributed by atoms with van der Waals surface area (Å²) < 4.78 is 5.00. The standard InChI is InChI=1S/C10H14ClN3O3/c1-3-7(6-17-2)13-10-9(14(15)16)8(11)4-5-12-10/h4-5,7H,3,6H2,1-2H3,(H,12,13)/t7-/m1/s1. The Kier molecular flexibility index (Phi) is 5.11. The fourth-order valence-corrected chi connectivity index (χ4v) is 1.58. The molecule has 0 unspecified atom stereocenters. The van der Waals surface area contributed by atoms with Crippen LogP contribution in [0.4, 0.5) is 11.5 Å². The SMILES string of the molecule is CC[C@H](COC)Nc1nccc(Cl)c1[N+](=O)[O-]. The Morgan fingerprint density at radius 3 is 2.94 bits per heavy atom. The lowest BCUT2D eigenvalue weighted by molar-refractivity contribution is -0.384. The van der Waals surface area contributed by atoms with E-state index in [0.29, 0.717) is 6.61 Å². The average Bonchev–Trinajstić information content (AvgIpc) is 2.28. The minimum Gasteiger partial charge on any atom is -0.383 e. The highest BCUT2D eigenvalue weighted by Crippen LogP contribution is 2.30. The second kappa shape index (κ2) is 6.36. The molecule has 0 aliphatic carbocycles. The van der Waals surface area contributed by atoms with E-state index in [1.54, 1.807) is 7.11 Å². The molecule has 0 aliphatic heterocycles. The third-order valence-corrected chi connectivity index (χ3v) is 2.56. The van der Waals surface area contributed by atoms with E-state index in [-0.39, 0.29) is 22.6 Å². The monoisotopic (exact) mass is 259 g/mol. The average molecular weight is 260 g/mol. The Morgan fingerprint density at radius 2 is 2.41 bits per heavy atom. The third kappa shape index (κ3) is 3.54. The Hall–Kier alpha value is -1.40. The number of halogens is 1. The van der Waals surface area contributed by atoms with Crippen LogP contribution in [-0.2, 0) is 4.74 Å². The molecule has 0 amide bonds. The van der Waals surface area contributed by atoms with E-state index in [0.717, 1.165) is 6.42 Å². The first kappa shape index (κ1) is 13.7. The number of nitrogens with one attached hydrogen (secondary N) is 1. The molecule has 0 aromatic carbocycles. The molecule has 0 radical (unpaired) electrons. The molecule has 94 valence electrons. The largest absolute Gasteiger partial charge is 0.383 e. The second-order valence-electron chi connectivity index (χ2n) is 3.45. The smallest absolute Gasteiger partial charge is 0.329 e. The number of pyridine rings is 1. The molecule has 17 heavy (non-hydrogen) atoms. The van der Waals surface area contributed by atoms with Crippen molar-refractivity contribution in [3.8, 4) is 0 Å². The van der Waals surface area contributed by atoms with Gasteiger partial charge in [0.15, 0.2) is 0 Å². The van der Waals surface area contributed by atoms with Crippen molar-refractivity contribution in [1.82, 2.24) is 4.98 Å². The van der Waals surface area contributed by atoms with E-state index in [1.165, 1.54) is 12.3 Å². The molecular weight excluding hydrogens is 246 g/mol. The summed E-state index contributed by atoms with van der Waals surface area (Å²) in [6.07, 6.45) is 2.19. The molecule has 1 aromatic heterocycles. The van der Waals surface area contributed by atoms with Gasteiger partial charge in [-0.25, -0.2) is 4.98 Å². The number of aromatic nitrogens is 1. The molecule has 0 bridgehead atoms. The molecular formula is C10H14ClN3O3. The Balaban J connectivity index is 2.97. The first-order chi connectivity index (χ1) is 8.10. The lowest BCUT2D eigenvalue weighted by atomic mass is 10.2. The summed E-state index contributed by atoms with van der Waals surface area (Å²) in [4.78, 5) is 14.3. The van der Waals surface area contributed by atoms with Crippen molar-refractivity contribution in [1.29, 1.82) is 0 Å². The number of nitrogens with zero attached hydrogens (tertiary/aromatic N) is 2. The number of rotatable bonds is 6. The Labute approximate surface area is 104 Å². The number of ether oxygens (including phenoxy) is 1. The van der Waals surface area contributed by atoms with Crippen molar-refractivity contribution in [3.05, 3.63) is 27.4 Å². The zero-order chi connectivity index (χ0) is 12.8. The molecule has 0 aliphatic rings. The van der Waals surface area contributed by atoms with Crippen molar-refractivity contribution in [2.24, 2.45) is 0 Å². The molecule has 6 nitrogen and oxygen atoms in total. The van der Waals surface area contributed by atoms with Crippen LogP contribution in [0.25, 0.3) is 0 Å². The lowest BCUT2D eigenvalue weighted by Crippen LogP contribution is -2.25. The van der Waals surface area contributed by atoms with Gasteiger partial charge in [-0.15, -0.1) is 0 Å². The highest BCUT2D eigenvalue weighted by atomic mass is 35.5. The van der Waals surface area contributed by atoms with Crippen molar-refractivity contribution in [2.45, 2.75) is 19.4 Å². The zero-order valence-corrected chi connectivity index (χ0v) is 10.4. The van der Waals surface area contributed by atoms with E-state index in [4.69, 9.17) is 16.3 Å². The van der Waals surface area contributed by atoms with Crippen molar-refractivity contribution in [2.75, 3.05) is 19.0 Å². The summed E-state index contributed by atoms with van der Waals surface area (Å²) in [6.45, 7) is 2.40. The summed E-state index contributed by atoms with van der Waals surface area (Å²) >= 11 is 5.78. The van der Waals surface area contributed by atoms with E-state index >= 15 is 0 Å². The predicted molar refractivity (Wildman–Crippen MR) is 65.5 cm³/mol. The van der Waals surface area contributed by atoms with Crippen LogP contribution in [0.2, 0.25) is 5.02 Å². The topological polar surface area (TPSA) is 77.3 Å². The third-order valence-electron chi connectivity index (χ3n) is 2.26. The quantitative estimate of drug-likeness (QED) is 0.627. The van der Waals surface area contributed by atoms with Gasteiger partial charge in [0.1, 0.15) is 5.02 Å². The molecule has 0 saturated carbocycles. The highest BCUT2D eigenvalue weighted by molar-refractivity contribution is 6.33. The Morgan fingerprint density at radius 1 is 1.71 bits per heavy atom. The van der Waals surface area contributed by atoms with E-state index in [9.17, 15) is 10.1 Å². The van der Waals surface area contributed by atoms with Gasteiger partial charge in [0.05, 0.1) is 17.6 Å². The van der Waals surface area contributed by atoms with Gasteiger partial charge in [0.2, 0.25) is 5.82 Å². The van der Waals surface area contributed by atoms with Crippen molar-refractivity contribution in [3.63, 3.8) is 0 Å². The van der Waals surface area contributed by atoms with Crippen LogP contribution >= 0.6 is 11.6 Å². The number of nitro groups is 1. The summed E-state index contributed by atoms with van der Waals surface area (Å²) in [5.74, 6) is 0.173. The van der Waals surface area contributed by atoms with Crippen LogP contribution in [0, 0.1) is 10.1 Å². The second-order valence-corrected chi connectivity index (χ2v) is 3.86. The van der Waals surface area contributed by atoms with E-state index in [2.05, 4.69) is 10.3 Å². The van der Waals surface area contributed by atoms with Gasteiger partial charge in [0.25, 0.3) is 0 Å². The Bertz CT molecular complexity index is 400. The number of anilines is 1. The summed E-state index contributed by atoms with van der Waals surface area (Å²) in [5, 5.41) is 13.9. The van der Waals surface area contributed by atoms with Crippen LogP contribution < -0.4 is 5.32 Å². The first-order valence-corrected chi connectivity index (χ1v) is 5.52. The van der Waals surface area contributed by atoms with Gasteiger partial charge in [-0.2, -0.15) is 0 Å². The summed E-state index contributed by atoms with van der Waals surface area (Å²) in [5.41, 5.74) is -0.205. The van der Waals surface area contributed by atoms with E-state index in [1.807, 2.05) is 6.92 Å². The van der Waals surface area contributed by atoms with Crippen LogP contribution in [0.3, 0.4) is 0 Å².